The monoisotopic (exact) mass is 613 g/mol. The molecule has 9 heteroatoms. The number of aryl methyl sites for hydroxylation is 1. The van der Waals surface area contributed by atoms with Crippen molar-refractivity contribution >= 4 is 5.91 Å². The number of carbonyl (C=O) groups excluding carboxylic acids is 1. The van der Waals surface area contributed by atoms with E-state index >= 15 is 0 Å². The average Bonchev–Trinajstić information content (AvgIpc) is 3.00. The Hall–Kier alpha value is -4.27. The van der Waals surface area contributed by atoms with Crippen LogP contribution in [0.15, 0.2) is 91.0 Å². The zero-order chi connectivity index (χ0) is 31.7. The van der Waals surface area contributed by atoms with Crippen LogP contribution in [0.5, 0.6) is 5.75 Å². The largest absolute Gasteiger partial charge is 0.506 e. The van der Waals surface area contributed by atoms with Crippen molar-refractivity contribution in [1.29, 1.82) is 0 Å². The van der Waals surface area contributed by atoms with Crippen LogP contribution in [0.4, 0.5) is 26.3 Å². The molecule has 4 aromatic rings. The molecule has 0 aromatic heterocycles. The number of alkyl halides is 6. The van der Waals surface area contributed by atoms with Crippen LogP contribution >= 0.6 is 0 Å². The van der Waals surface area contributed by atoms with Crippen LogP contribution in [0.3, 0.4) is 0 Å². The summed E-state index contributed by atoms with van der Waals surface area (Å²) in [6.07, 6.45) is -2.47. The summed E-state index contributed by atoms with van der Waals surface area (Å²) in [4.78, 5) is 13.2. The van der Waals surface area contributed by atoms with Crippen molar-refractivity contribution in [3.8, 4) is 28.0 Å². The Morgan fingerprint density at radius 1 is 0.614 bits per heavy atom. The Labute approximate surface area is 252 Å². The summed E-state index contributed by atoms with van der Waals surface area (Å²) >= 11 is 0. The van der Waals surface area contributed by atoms with E-state index in [1.807, 2.05) is 18.2 Å². The number of hydrogen-bond donors (Lipinski definition) is 2. The van der Waals surface area contributed by atoms with Gasteiger partial charge >= 0.3 is 12.4 Å². The van der Waals surface area contributed by atoms with Crippen molar-refractivity contribution in [1.82, 2.24) is 5.32 Å². The van der Waals surface area contributed by atoms with Gasteiger partial charge in [0.05, 0.1) is 16.7 Å². The Morgan fingerprint density at radius 2 is 1.18 bits per heavy atom. The number of phenolic OH excluding ortho intramolecular Hbond substituents is 1. The lowest BCUT2D eigenvalue weighted by atomic mass is 9.93. The van der Waals surface area contributed by atoms with Gasteiger partial charge in [0, 0.05) is 12.1 Å². The van der Waals surface area contributed by atoms with Gasteiger partial charge in [-0.1, -0.05) is 80.3 Å². The van der Waals surface area contributed by atoms with E-state index in [1.165, 1.54) is 35.9 Å². The fraction of sp³-hybridized carbons (Fsp3) is 0.286. The third kappa shape index (κ3) is 8.88. The van der Waals surface area contributed by atoms with Crippen LogP contribution in [0.1, 0.15) is 65.6 Å². The summed E-state index contributed by atoms with van der Waals surface area (Å²) < 4.78 is 80.5. The maximum Gasteiger partial charge on any atom is 0.416 e. The molecule has 0 unspecified atom stereocenters. The second-order valence-corrected chi connectivity index (χ2v) is 10.7. The Morgan fingerprint density at radius 3 is 1.82 bits per heavy atom. The van der Waals surface area contributed by atoms with Gasteiger partial charge < -0.3 is 10.4 Å². The number of aromatic hydroxyl groups is 1. The standard InChI is InChI=1S/C35H33F6NO2/c36-34(37,38)28-17-10-15-25(20-28)27-22-30(26-16-11-18-29(21-26)35(39,40)41)32(43)31(23-27)33(44)42-19-9-4-2-1-3-6-12-24-13-7-5-8-14-24/h5,7-8,10-11,13-18,20-23,43H,1-4,6,9,12,19H2,(H,42,44). The smallest absolute Gasteiger partial charge is 0.416 e. The van der Waals surface area contributed by atoms with Gasteiger partial charge in [0.2, 0.25) is 0 Å². The highest BCUT2D eigenvalue weighted by Gasteiger charge is 2.32. The number of phenols is 1. The fourth-order valence-electron chi connectivity index (χ4n) is 5.04. The first kappa shape index (κ1) is 32.6. The van der Waals surface area contributed by atoms with E-state index in [0.717, 1.165) is 68.9 Å². The van der Waals surface area contributed by atoms with Crippen LogP contribution in [0, 0.1) is 0 Å². The highest BCUT2D eigenvalue weighted by atomic mass is 19.4. The molecule has 4 rings (SSSR count). The zero-order valence-corrected chi connectivity index (χ0v) is 23.9. The molecule has 0 atom stereocenters. The Kier molecular flexibility index (Phi) is 10.7. The van der Waals surface area contributed by atoms with E-state index in [0.29, 0.717) is 13.0 Å². The van der Waals surface area contributed by atoms with E-state index in [1.54, 1.807) is 0 Å². The summed E-state index contributed by atoms with van der Waals surface area (Å²) in [7, 11) is 0. The number of unbranched alkanes of at least 4 members (excludes halogenated alkanes) is 5. The molecular formula is C35H33F6NO2. The fourth-order valence-corrected chi connectivity index (χ4v) is 5.04. The maximum atomic E-state index is 13.4. The zero-order valence-electron chi connectivity index (χ0n) is 23.9. The summed E-state index contributed by atoms with van der Waals surface area (Å²) in [5, 5.41) is 13.8. The van der Waals surface area contributed by atoms with Gasteiger partial charge in [-0.2, -0.15) is 26.3 Å². The molecule has 1 amide bonds. The average molecular weight is 614 g/mol. The lowest BCUT2D eigenvalue weighted by molar-refractivity contribution is -0.138. The highest BCUT2D eigenvalue weighted by molar-refractivity contribution is 6.01. The summed E-state index contributed by atoms with van der Waals surface area (Å²) in [5.74, 6) is -1.23. The van der Waals surface area contributed by atoms with Crippen LogP contribution in [0.2, 0.25) is 0 Å². The topological polar surface area (TPSA) is 49.3 Å². The second kappa shape index (κ2) is 14.5. The molecule has 3 nitrogen and oxygen atoms in total. The Balaban J connectivity index is 1.47. The molecule has 2 N–H and O–H groups in total. The molecule has 0 fully saturated rings. The van der Waals surface area contributed by atoms with E-state index in [-0.39, 0.29) is 27.8 Å². The molecular weight excluding hydrogens is 580 g/mol. The normalized spacial score (nSPS) is 11.9. The lowest BCUT2D eigenvalue weighted by Crippen LogP contribution is -2.24. The van der Waals surface area contributed by atoms with E-state index in [9.17, 15) is 36.2 Å². The Bertz CT molecular complexity index is 1550. The summed E-state index contributed by atoms with van der Waals surface area (Å²) in [5.41, 5.74) is -0.727. The molecule has 0 heterocycles. The quantitative estimate of drug-likeness (QED) is 0.123. The van der Waals surface area contributed by atoms with Gasteiger partial charge in [-0.3, -0.25) is 4.79 Å². The van der Waals surface area contributed by atoms with Crippen molar-refractivity contribution in [2.45, 2.75) is 57.3 Å². The lowest BCUT2D eigenvalue weighted by Gasteiger charge is -2.16. The van der Waals surface area contributed by atoms with Crippen LogP contribution in [-0.4, -0.2) is 17.6 Å². The predicted octanol–water partition coefficient (Wildman–Crippen LogP) is 10.1. The van der Waals surface area contributed by atoms with E-state index < -0.39 is 35.1 Å². The number of halogens is 6. The van der Waals surface area contributed by atoms with Crippen LogP contribution in [0.25, 0.3) is 22.3 Å². The first-order chi connectivity index (χ1) is 20.9. The first-order valence-electron chi connectivity index (χ1n) is 14.5. The predicted molar refractivity (Wildman–Crippen MR) is 159 cm³/mol. The van der Waals surface area contributed by atoms with Crippen LogP contribution < -0.4 is 5.32 Å². The first-order valence-corrected chi connectivity index (χ1v) is 14.5. The highest BCUT2D eigenvalue weighted by Crippen LogP contribution is 2.40. The molecule has 0 aliphatic carbocycles. The second-order valence-electron chi connectivity index (χ2n) is 10.7. The van der Waals surface area contributed by atoms with Gasteiger partial charge in [0.1, 0.15) is 5.75 Å². The molecule has 0 saturated carbocycles. The molecule has 0 aliphatic rings. The van der Waals surface area contributed by atoms with Crippen LogP contribution in [-0.2, 0) is 18.8 Å². The van der Waals surface area contributed by atoms with Crippen molar-refractivity contribution in [2.75, 3.05) is 6.54 Å². The van der Waals surface area contributed by atoms with E-state index in [4.69, 9.17) is 0 Å². The molecule has 0 spiro atoms. The number of nitrogens with one attached hydrogen (secondary N) is 1. The number of hydrogen-bond acceptors (Lipinski definition) is 2. The third-order valence-corrected chi connectivity index (χ3v) is 7.40. The molecule has 0 radical (unpaired) electrons. The van der Waals surface area contributed by atoms with E-state index in [2.05, 4.69) is 17.4 Å². The summed E-state index contributed by atoms with van der Waals surface area (Å²) in [6.45, 7) is 0.301. The van der Waals surface area contributed by atoms with Gasteiger partial charge in [0.25, 0.3) is 5.91 Å². The minimum Gasteiger partial charge on any atom is -0.506 e. The van der Waals surface area contributed by atoms with Gasteiger partial charge in [-0.25, -0.2) is 0 Å². The maximum absolute atomic E-state index is 13.4. The molecule has 0 aliphatic heterocycles. The molecule has 0 bridgehead atoms. The van der Waals surface area contributed by atoms with Gasteiger partial charge in [-0.05, 0) is 77.9 Å². The third-order valence-electron chi connectivity index (χ3n) is 7.40. The molecule has 232 valence electrons. The molecule has 0 saturated heterocycles. The van der Waals surface area contributed by atoms with Crippen molar-refractivity contribution < 1.29 is 36.2 Å². The van der Waals surface area contributed by atoms with Crippen molar-refractivity contribution in [2.24, 2.45) is 0 Å². The number of rotatable bonds is 12. The van der Waals surface area contributed by atoms with Gasteiger partial charge in [-0.15, -0.1) is 0 Å². The number of benzene rings is 4. The number of carbonyl (C=O) groups is 1. The minimum absolute atomic E-state index is 0.0348. The van der Waals surface area contributed by atoms with Crippen molar-refractivity contribution in [3.63, 3.8) is 0 Å². The molecule has 44 heavy (non-hydrogen) atoms. The minimum atomic E-state index is -4.66. The van der Waals surface area contributed by atoms with Gasteiger partial charge in [0.15, 0.2) is 0 Å². The summed E-state index contributed by atoms with van der Waals surface area (Å²) in [6, 6.07) is 21.4. The van der Waals surface area contributed by atoms with Crippen molar-refractivity contribution in [3.05, 3.63) is 113 Å². The number of amides is 1. The molecule has 4 aromatic carbocycles. The SMILES string of the molecule is O=C(NCCCCCCCCc1ccccc1)c1cc(-c2cccc(C(F)(F)F)c2)cc(-c2cccc(C(F)(F)F)c2)c1O.